The maximum atomic E-state index is 13.7. The van der Waals surface area contributed by atoms with E-state index in [0.29, 0.717) is 24.3 Å². The number of benzene rings is 2. The first-order chi connectivity index (χ1) is 11.1. The molecule has 1 N–H and O–H groups in total. The molecule has 1 heterocycles. The van der Waals surface area contributed by atoms with Crippen molar-refractivity contribution in [1.82, 2.24) is 0 Å². The summed E-state index contributed by atoms with van der Waals surface area (Å²) in [7, 11) is 0. The van der Waals surface area contributed by atoms with E-state index in [1.807, 2.05) is 0 Å². The number of hydrogen-bond acceptors (Lipinski definition) is 2. The van der Waals surface area contributed by atoms with E-state index in [-0.39, 0.29) is 5.91 Å². The van der Waals surface area contributed by atoms with Crippen LogP contribution < -0.4 is 10.2 Å². The van der Waals surface area contributed by atoms with Crippen LogP contribution >= 0.6 is 0 Å². The first-order valence-corrected chi connectivity index (χ1v) is 7.22. The molecule has 6 heteroatoms. The molecule has 0 radical (unpaired) electrons. The standard InChI is InChI=1S/C17H14F2N2O2/c18-11-5-3-6-12(19)16(11)17(23)20-13-7-1-2-8-14(13)21-10-4-9-15(21)22/h1-3,5-8H,4,9-10H2,(H,20,23). The zero-order valence-corrected chi connectivity index (χ0v) is 12.2. The largest absolute Gasteiger partial charge is 0.320 e. The number of amides is 2. The predicted octanol–water partition coefficient (Wildman–Crippen LogP) is 3.34. The minimum absolute atomic E-state index is 0.0382. The van der Waals surface area contributed by atoms with Gasteiger partial charge in [-0.3, -0.25) is 9.59 Å². The lowest BCUT2D eigenvalue weighted by atomic mass is 10.1. The molecule has 0 bridgehead atoms. The normalized spacial score (nSPS) is 14.2. The summed E-state index contributed by atoms with van der Waals surface area (Å²) in [5, 5.41) is 2.49. The number of carbonyl (C=O) groups excluding carboxylic acids is 2. The zero-order chi connectivity index (χ0) is 16.4. The van der Waals surface area contributed by atoms with Gasteiger partial charge in [-0.15, -0.1) is 0 Å². The van der Waals surface area contributed by atoms with Gasteiger partial charge in [0.2, 0.25) is 5.91 Å². The van der Waals surface area contributed by atoms with Gasteiger partial charge in [-0.25, -0.2) is 8.78 Å². The van der Waals surface area contributed by atoms with Crippen molar-refractivity contribution in [3.63, 3.8) is 0 Å². The van der Waals surface area contributed by atoms with E-state index in [0.717, 1.165) is 18.6 Å². The SMILES string of the molecule is O=C(Nc1ccccc1N1CCCC1=O)c1c(F)cccc1F. The van der Waals surface area contributed by atoms with Gasteiger partial charge in [0.15, 0.2) is 0 Å². The molecule has 2 amide bonds. The second kappa shape index (κ2) is 6.16. The molecule has 0 atom stereocenters. The first-order valence-electron chi connectivity index (χ1n) is 7.22. The summed E-state index contributed by atoms with van der Waals surface area (Å²) in [5.41, 5.74) is 0.227. The molecule has 0 unspecified atom stereocenters. The predicted molar refractivity (Wildman–Crippen MR) is 82.3 cm³/mol. The maximum Gasteiger partial charge on any atom is 0.261 e. The molecule has 1 aliphatic rings. The molecule has 0 aliphatic carbocycles. The third-order valence-corrected chi connectivity index (χ3v) is 3.71. The van der Waals surface area contributed by atoms with Gasteiger partial charge in [0, 0.05) is 13.0 Å². The maximum absolute atomic E-state index is 13.7. The van der Waals surface area contributed by atoms with E-state index < -0.39 is 23.1 Å². The van der Waals surface area contributed by atoms with Crippen molar-refractivity contribution in [1.29, 1.82) is 0 Å². The third-order valence-electron chi connectivity index (χ3n) is 3.71. The van der Waals surface area contributed by atoms with Crippen LogP contribution in [-0.4, -0.2) is 18.4 Å². The lowest BCUT2D eigenvalue weighted by Gasteiger charge is -2.20. The van der Waals surface area contributed by atoms with E-state index in [4.69, 9.17) is 0 Å². The molecule has 0 saturated carbocycles. The Morgan fingerprint density at radius 3 is 2.39 bits per heavy atom. The Hall–Kier alpha value is -2.76. The molecule has 3 rings (SSSR count). The molecule has 118 valence electrons. The fourth-order valence-corrected chi connectivity index (χ4v) is 2.62. The fraction of sp³-hybridized carbons (Fsp3) is 0.176. The molecule has 2 aromatic rings. The lowest BCUT2D eigenvalue weighted by molar-refractivity contribution is -0.117. The topological polar surface area (TPSA) is 49.4 Å². The molecular formula is C17H14F2N2O2. The number of para-hydroxylation sites is 2. The smallest absolute Gasteiger partial charge is 0.261 e. The van der Waals surface area contributed by atoms with Gasteiger partial charge in [0.1, 0.15) is 17.2 Å². The van der Waals surface area contributed by atoms with Crippen molar-refractivity contribution in [2.75, 3.05) is 16.8 Å². The molecule has 0 aromatic heterocycles. The number of carbonyl (C=O) groups is 2. The van der Waals surface area contributed by atoms with Crippen LogP contribution in [0.3, 0.4) is 0 Å². The van der Waals surface area contributed by atoms with Crippen molar-refractivity contribution in [2.24, 2.45) is 0 Å². The van der Waals surface area contributed by atoms with Crippen molar-refractivity contribution >= 4 is 23.2 Å². The number of anilines is 2. The summed E-state index contributed by atoms with van der Waals surface area (Å²) in [5.74, 6) is -2.79. The van der Waals surface area contributed by atoms with Crippen LogP contribution in [-0.2, 0) is 4.79 Å². The highest BCUT2D eigenvalue weighted by Crippen LogP contribution is 2.30. The Kier molecular flexibility index (Phi) is 4.06. The second-order valence-electron chi connectivity index (χ2n) is 5.22. The van der Waals surface area contributed by atoms with Crippen LogP contribution in [0.1, 0.15) is 23.2 Å². The number of nitrogens with zero attached hydrogens (tertiary/aromatic N) is 1. The van der Waals surface area contributed by atoms with E-state index in [2.05, 4.69) is 5.32 Å². The van der Waals surface area contributed by atoms with Crippen LogP contribution in [0.25, 0.3) is 0 Å². The van der Waals surface area contributed by atoms with Gasteiger partial charge in [0.25, 0.3) is 5.91 Å². The Balaban J connectivity index is 1.92. The molecule has 23 heavy (non-hydrogen) atoms. The quantitative estimate of drug-likeness (QED) is 0.944. The van der Waals surface area contributed by atoms with Crippen LogP contribution in [0, 0.1) is 11.6 Å². The van der Waals surface area contributed by atoms with Crippen molar-refractivity contribution < 1.29 is 18.4 Å². The van der Waals surface area contributed by atoms with Gasteiger partial charge < -0.3 is 10.2 Å². The molecule has 1 aliphatic heterocycles. The van der Waals surface area contributed by atoms with E-state index in [1.54, 1.807) is 29.2 Å². The number of nitrogens with one attached hydrogen (secondary N) is 1. The molecule has 1 fully saturated rings. The minimum atomic E-state index is -0.933. The zero-order valence-electron chi connectivity index (χ0n) is 12.2. The molecule has 2 aromatic carbocycles. The number of hydrogen-bond donors (Lipinski definition) is 1. The van der Waals surface area contributed by atoms with Gasteiger partial charge in [-0.05, 0) is 30.7 Å². The lowest BCUT2D eigenvalue weighted by Crippen LogP contribution is -2.26. The summed E-state index contributed by atoms with van der Waals surface area (Å²) in [6.45, 7) is 0.555. The van der Waals surface area contributed by atoms with Gasteiger partial charge >= 0.3 is 0 Å². The highest BCUT2D eigenvalue weighted by molar-refractivity contribution is 6.08. The second-order valence-corrected chi connectivity index (χ2v) is 5.22. The molecule has 1 saturated heterocycles. The number of rotatable bonds is 3. The Bertz CT molecular complexity index is 757. The van der Waals surface area contributed by atoms with Gasteiger partial charge in [0.05, 0.1) is 11.4 Å². The summed E-state index contributed by atoms with van der Waals surface area (Å²) in [6.07, 6.45) is 1.19. The monoisotopic (exact) mass is 316 g/mol. The van der Waals surface area contributed by atoms with Gasteiger partial charge in [-0.2, -0.15) is 0 Å². The summed E-state index contributed by atoms with van der Waals surface area (Å²) in [6, 6.07) is 9.94. The van der Waals surface area contributed by atoms with Crippen molar-refractivity contribution in [2.45, 2.75) is 12.8 Å². The Labute approximate surface area is 131 Å². The summed E-state index contributed by atoms with van der Waals surface area (Å²) >= 11 is 0. The van der Waals surface area contributed by atoms with Crippen LogP contribution in [0.15, 0.2) is 42.5 Å². The summed E-state index contributed by atoms with van der Waals surface area (Å²) < 4.78 is 27.4. The Morgan fingerprint density at radius 1 is 1.04 bits per heavy atom. The minimum Gasteiger partial charge on any atom is -0.320 e. The van der Waals surface area contributed by atoms with E-state index >= 15 is 0 Å². The van der Waals surface area contributed by atoms with Crippen molar-refractivity contribution in [3.8, 4) is 0 Å². The summed E-state index contributed by atoms with van der Waals surface area (Å²) in [4.78, 5) is 25.7. The average molecular weight is 316 g/mol. The highest BCUT2D eigenvalue weighted by Gasteiger charge is 2.25. The number of halogens is 2. The fourth-order valence-electron chi connectivity index (χ4n) is 2.62. The molecular weight excluding hydrogens is 302 g/mol. The van der Waals surface area contributed by atoms with Crippen molar-refractivity contribution in [3.05, 3.63) is 59.7 Å². The first kappa shape index (κ1) is 15.1. The average Bonchev–Trinajstić information content (AvgIpc) is 2.93. The van der Waals surface area contributed by atoms with E-state index in [1.165, 1.54) is 6.07 Å². The van der Waals surface area contributed by atoms with Crippen LogP contribution in [0.4, 0.5) is 20.2 Å². The Morgan fingerprint density at radius 2 is 1.74 bits per heavy atom. The van der Waals surface area contributed by atoms with Gasteiger partial charge in [-0.1, -0.05) is 18.2 Å². The third kappa shape index (κ3) is 2.92. The van der Waals surface area contributed by atoms with E-state index in [9.17, 15) is 18.4 Å². The molecule has 0 spiro atoms. The van der Waals surface area contributed by atoms with Crippen LogP contribution in [0.2, 0.25) is 0 Å². The highest BCUT2D eigenvalue weighted by atomic mass is 19.1. The molecule has 4 nitrogen and oxygen atoms in total. The van der Waals surface area contributed by atoms with Crippen LogP contribution in [0.5, 0.6) is 0 Å².